The van der Waals surface area contributed by atoms with Gasteiger partial charge in [-0.05, 0) is 43.0 Å². The largest absolute Gasteiger partial charge is 0.463 e. The van der Waals surface area contributed by atoms with Crippen molar-refractivity contribution in [2.75, 3.05) is 13.7 Å². The van der Waals surface area contributed by atoms with E-state index in [4.69, 9.17) is 14.2 Å². The molecule has 1 aromatic carbocycles. The van der Waals surface area contributed by atoms with Crippen LogP contribution >= 0.6 is 15.9 Å². The number of carbonyl (C=O) groups excluding carboxylic acids is 2. The monoisotopic (exact) mass is 449 g/mol. The molecule has 0 bridgehead atoms. The maximum Gasteiger partial charge on any atom is 0.413 e. The first-order valence-electron chi connectivity index (χ1n) is 9.71. The highest BCUT2D eigenvalue weighted by Gasteiger charge is 2.60. The summed E-state index contributed by atoms with van der Waals surface area (Å²) in [7, 11) is 1.34. The van der Waals surface area contributed by atoms with E-state index in [2.05, 4.69) is 15.9 Å². The summed E-state index contributed by atoms with van der Waals surface area (Å²) in [5.41, 5.74) is 0.203. The van der Waals surface area contributed by atoms with Gasteiger partial charge in [-0.3, -0.25) is 4.90 Å². The molecule has 0 radical (unpaired) electrons. The van der Waals surface area contributed by atoms with Crippen LogP contribution in [0.15, 0.2) is 40.6 Å². The van der Waals surface area contributed by atoms with E-state index in [1.807, 2.05) is 37.3 Å². The lowest BCUT2D eigenvalue weighted by atomic mass is 9.77. The fourth-order valence-electron chi connectivity index (χ4n) is 4.87. The second kappa shape index (κ2) is 7.43. The maximum absolute atomic E-state index is 12.7. The first-order valence-corrected chi connectivity index (χ1v) is 10.5. The Kier molecular flexibility index (Phi) is 5.12. The number of rotatable bonds is 4. The molecule has 6 nitrogen and oxygen atoms in total. The van der Waals surface area contributed by atoms with Gasteiger partial charge in [0.2, 0.25) is 5.76 Å². The summed E-state index contributed by atoms with van der Waals surface area (Å²) >= 11 is 3.48. The Morgan fingerprint density at radius 1 is 1.36 bits per heavy atom. The molecule has 3 aliphatic rings. The Bertz CT molecular complexity index is 808. The molecule has 150 valence electrons. The average molecular weight is 450 g/mol. The summed E-state index contributed by atoms with van der Waals surface area (Å²) in [6.07, 6.45) is 4.76. The van der Waals surface area contributed by atoms with Gasteiger partial charge in [0.25, 0.3) is 0 Å². The van der Waals surface area contributed by atoms with Crippen molar-refractivity contribution in [3.63, 3.8) is 0 Å². The third kappa shape index (κ3) is 3.00. The zero-order valence-corrected chi connectivity index (χ0v) is 17.6. The molecule has 4 atom stereocenters. The van der Waals surface area contributed by atoms with Gasteiger partial charge < -0.3 is 14.2 Å². The molecule has 1 saturated heterocycles. The summed E-state index contributed by atoms with van der Waals surface area (Å²) < 4.78 is 17.6. The minimum Gasteiger partial charge on any atom is -0.463 e. The van der Waals surface area contributed by atoms with Gasteiger partial charge in [0.15, 0.2) is 5.72 Å². The number of fused-ring (bicyclic) bond motifs is 1. The van der Waals surface area contributed by atoms with Crippen LogP contribution in [-0.2, 0) is 19.0 Å². The quantitative estimate of drug-likeness (QED) is 0.639. The SMILES string of the molecule is CC[C@@H]1COC(=O)N1[C@@]12CCC[C@@H]1[C@@H](c1ccc(Br)cc1)C=C(C(=O)OC)O2. The number of esters is 1. The molecule has 0 unspecified atom stereocenters. The second-order valence-corrected chi connectivity index (χ2v) is 8.47. The highest BCUT2D eigenvalue weighted by atomic mass is 79.9. The Morgan fingerprint density at radius 3 is 2.79 bits per heavy atom. The molecule has 2 heterocycles. The Hall–Kier alpha value is -2.02. The molecule has 1 aliphatic carbocycles. The van der Waals surface area contributed by atoms with Gasteiger partial charge in [-0.25, -0.2) is 9.59 Å². The highest BCUT2D eigenvalue weighted by Crippen LogP contribution is 2.54. The summed E-state index contributed by atoms with van der Waals surface area (Å²) in [5.74, 6) is -0.360. The smallest absolute Gasteiger partial charge is 0.413 e. The number of halogens is 1. The van der Waals surface area contributed by atoms with Crippen molar-refractivity contribution in [1.29, 1.82) is 0 Å². The van der Waals surface area contributed by atoms with E-state index in [0.717, 1.165) is 29.3 Å². The number of hydrogen-bond acceptors (Lipinski definition) is 5. The number of amides is 1. The van der Waals surface area contributed by atoms with E-state index in [9.17, 15) is 9.59 Å². The molecule has 1 saturated carbocycles. The van der Waals surface area contributed by atoms with Crippen molar-refractivity contribution in [3.05, 3.63) is 46.1 Å². The minimum absolute atomic E-state index is 0.0433. The van der Waals surface area contributed by atoms with E-state index in [1.54, 1.807) is 4.90 Å². The number of nitrogens with zero attached hydrogens (tertiary/aromatic N) is 1. The van der Waals surface area contributed by atoms with E-state index >= 15 is 0 Å². The lowest BCUT2D eigenvalue weighted by Crippen LogP contribution is -2.59. The van der Waals surface area contributed by atoms with Crippen LogP contribution < -0.4 is 0 Å². The summed E-state index contributed by atoms with van der Waals surface area (Å²) in [6.45, 7) is 2.39. The predicted octanol–water partition coefficient (Wildman–Crippen LogP) is 4.35. The number of carbonyl (C=O) groups is 2. The molecule has 0 aromatic heterocycles. The van der Waals surface area contributed by atoms with Gasteiger partial charge in [0, 0.05) is 22.7 Å². The molecule has 1 amide bonds. The van der Waals surface area contributed by atoms with Crippen molar-refractivity contribution in [3.8, 4) is 0 Å². The second-order valence-electron chi connectivity index (χ2n) is 7.55. The molecule has 28 heavy (non-hydrogen) atoms. The lowest BCUT2D eigenvalue weighted by molar-refractivity contribution is -0.170. The molecule has 2 fully saturated rings. The Balaban J connectivity index is 1.82. The van der Waals surface area contributed by atoms with Crippen LogP contribution in [0.25, 0.3) is 0 Å². The maximum atomic E-state index is 12.7. The average Bonchev–Trinajstić information content (AvgIpc) is 3.30. The van der Waals surface area contributed by atoms with E-state index in [-0.39, 0.29) is 29.7 Å². The fourth-order valence-corrected chi connectivity index (χ4v) is 5.14. The molecule has 0 spiro atoms. The van der Waals surface area contributed by atoms with E-state index < -0.39 is 11.7 Å². The lowest BCUT2D eigenvalue weighted by Gasteiger charge is -2.48. The van der Waals surface area contributed by atoms with Gasteiger partial charge in [-0.1, -0.05) is 35.0 Å². The van der Waals surface area contributed by atoms with Gasteiger partial charge in [0.05, 0.1) is 13.2 Å². The van der Waals surface area contributed by atoms with Crippen LogP contribution in [0.2, 0.25) is 0 Å². The van der Waals surface area contributed by atoms with Crippen molar-refractivity contribution < 1.29 is 23.8 Å². The van der Waals surface area contributed by atoms with Crippen molar-refractivity contribution in [2.24, 2.45) is 5.92 Å². The van der Waals surface area contributed by atoms with Crippen LogP contribution in [0.4, 0.5) is 4.79 Å². The number of ether oxygens (including phenoxy) is 3. The minimum atomic E-state index is -0.885. The van der Waals surface area contributed by atoms with Crippen LogP contribution in [0, 0.1) is 5.92 Å². The van der Waals surface area contributed by atoms with Crippen LogP contribution in [0.3, 0.4) is 0 Å². The zero-order chi connectivity index (χ0) is 19.9. The molecule has 1 aromatic rings. The van der Waals surface area contributed by atoms with E-state index in [0.29, 0.717) is 13.0 Å². The highest BCUT2D eigenvalue weighted by molar-refractivity contribution is 9.10. The molecule has 7 heteroatoms. The number of allylic oxidation sites excluding steroid dienone is 1. The number of methoxy groups -OCH3 is 1. The van der Waals surface area contributed by atoms with Gasteiger partial charge in [0.1, 0.15) is 6.61 Å². The number of cyclic esters (lactones) is 1. The van der Waals surface area contributed by atoms with Crippen molar-refractivity contribution in [1.82, 2.24) is 4.90 Å². The molecule has 4 rings (SSSR count). The first-order chi connectivity index (χ1) is 13.5. The van der Waals surface area contributed by atoms with Crippen molar-refractivity contribution >= 4 is 28.0 Å². The Labute approximate surface area is 172 Å². The molecular weight excluding hydrogens is 426 g/mol. The Morgan fingerprint density at radius 2 is 2.11 bits per heavy atom. The third-order valence-corrected chi connectivity index (χ3v) is 6.69. The zero-order valence-electron chi connectivity index (χ0n) is 16.0. The topological polar surface area (TPSA) is 65.1 Å². The fraction of sp³-hybridized carbons (Fsp3) is 0.524. The van der Waals surface area contributed by atoms with Crippen LogP contribution in [0.5, 0.6) is 0 Å². The van der Waals surface area contributed by atoms with Gasteiger partial charge >= 0.3 is 12.1 Å². The molecular formula is C21H24BrNO5. The van der Waals surface area contributed by atoms with Gasteiger partial charge in [-0.15, -0.1) is 0 Å². The third-order valence-electron chi connectivity index (χ3n) is 6.16. The predicted molar refractivity (Wildman–Crippen MR) is 105 cm³/mol. The van der Waals surface area contributed by atoms with Crippen LogP contribution in [-0.4, -0.2) is 42.4 Å². The normalized spacial score (nSPS) is 31.7. The number of hydrogen-bond donors (Lipinski definition) is 0. The van der Waals surface area contributed by atoms with Crippen LogP contribution in [0.1, 0.15) is 44.1 Å². The summed E-state index contributed by atoms with van der Waals surface area (Å²) in [4.78, 5) is 26.9. The molecule has 0 N–H and O–H groups in total. The van der Waals surface area contributed by atoms with Crippen molar-refractivity contribution in [2.45, 2.75) is 50.3 Å². The summed E-state index contributed by atoms with van der Waals surface area (Å²) in [5, 5.41) is 0. The number of benzene rings is 1. The standard InChI is InChI=1S/C21H24BrNO5/c1-3-15-12-27-20(25)23(15)21-10-4-5-17(21)16(11-18(28-21)19(24)26-2)13-6-8-14(22)9-7-13/h6-9,11,15-17H,3-5,10,12H2,1-2H3/t15-,16-,17-,21-/m1/s1. The molecule has 2 aliphatic heterocycles. The van der Waals surface area contributed by atoms with Gasteiger partial charge in [-0.2, -0.15) is 0 Å². The summed E-state index contributed by atoms with van der Waals surface area (Å²) in [6, 6.07) is 8.02. The first kappa shape index (κ1) is 19.3. The van der Waals surface area contributed by atoms with E-state index in [1.165, 1.54) is 7.11 Å².